The zero-order chi connectivity index (χ0) is 22.5. The second-order valence-corrected chi connectivity index (χ2v) is 7.33. The number of amides is 1. The molecule has 0 bridgehead atoms. The van der Waals surface area contributed by atoms with Crippen LogP contribution < -0.4 is 4.74 Å². The highest BCUT2D eigenvalue weighted by atomic mass is 19.4. The highest BCUT2D eigenvalue weighted by molar-refractivity contribution is 5.89. The third-order valence-corrected chi connectivity index (χ3v) is 5.15. The maximum absolute atomic E-state index is 12.9. The average molecular weight is 437 g/mol. The quantitative estimate of drug-likeness (QED) is 0.680. The van der Waals surface area contributed by atoms with Crippen molar-refractivity contribution in [3.63, 3.8) is 0 Å². The molecule has 0 aromatic heterocycles. The van der Waals surface area contributed by atoms with E-state index in [1.807, 2.05) is 30.3 Å². The van der Waals surface area contributed by atoms with Gasteiger partial charge in [0.1, 0.15) is 5.75 Å². The molecule has 1 fully saturated rings. The summed E-state index contributed by atoms with van der Waals surface area (Å²) in [5.74, 6) is -1.95. The highest BCUT2D eigenvalue weighted by Crippen LogP contribution is 2.32. The van der Waals surface area contributed by atoms with Crippen molar-refractivity contribution in [2.45, 2.75) is 37.8 Å². The number of nitrogens with zero attached hydrogens (tertiary/aromatic N) is 1. The normalized spacial score (nSPS) is 18.7. The Morgan fingerprint density at radius 3 is 2.32 bits per heavy atom. The second kappa shape index (κ2) is 9.38. The van der Waals surface area contributed by atoms with Crippen LogP contribution in [-0.4, -0.2) is 46.9 Å². The van der Waals surface area contributed by atoms with Gasteiger partial charge in [-0.15, -0.1) is 13.2 Å². The van der Waals surface area contributed by atoms with Crippen LogP contribution in [0.2, 0.25) is 0 Å². The molecule has 0 aliphatic carbocycles. The largest absolute Gasteiger partial charge is 0.573 e. The third kappa shape index (κ3) is 5.75. The number of carboxylic acids is 1. The molecule has 1 N–H and O–H groups in total. The van der Waals surface area contributed by atoms with Gasteiger partial charge in [0.2, 0.25) is 5.91 Å². The number of halogens is 3. The van der Waals surface area contributed by atoms with E-state index in [0.29, 0.717) is 12.0 Å². The Labute approximate surface area is 177 Å². The van der Waals surface area contributed by atoms with Crippen molar-refractivity contribution in [3.05, 3.63) is 65.7 Å². The molecule has 0 saturated carbocycles. The van der Waals surface area contributed by atoms with Crippen molar-refractivity contribution < 1.29 is 37.3 Å². The molecule has 3 rings (SSSR count). The molecular formula is C22H22F3NO5. The molecule has 1 atom stereocenters. The molecule has 31 heavy (non-hydrogen) atoms. The van der Waals surface area contributed by atoms with Crippen molar-refractivity contribution in [1.82, 2.24) is 4.90 Å². The summed E-state index contributed by atoms with van der Waals surface area (Å²) in [7, 11) is 0. The molecule has 2 aromatic carbocycles. The zero-order valence-electron chi connectivity index (χ0n) is 16.6. The van der Waals surface area contributed by atoms with Crippen LogP contribution in [0.4, 0.5) is 13.2 Å². The Kier molecular flexibility index (Phi) is 6.84. The van der Waals surface area contributed by atoms with Gasteiger partial charge in [0.15, 0.2) is 5.54 Å². The Morgan fingerprint density at radius 2 is 1.71 bits per heavy atom. The molecule has 1 aliphatic heterocycles. The van der Waals surface area contributed by atoms with Crippen LogP contribution in [-0.2, 0) is 27.4 Å². The average Bonchev–Trinajstić information content (AvgIpc) is 3.15. The first kappa shape index (κ1) is 22.6. The third-order valence-electron chi connectivity index (χ3n) is 5.15. The minimum Gasteiger partial charge on any atom is -0.479 e. The molecule has 2 aromatic rings. The van der Waals surface area contributed by atoms with Crippen molar-refractivity contribution in [2.24, 2.45) is 0 Å². The zero-order valence-corrected chi connectivity index (χ0v) is 16.6. The van der Waals surface area contributed by atoms with Crippen molar-refractivity contribution in [3.8, 4) is 5.75 Å². The summed E-state index contributed by atoms with van der Waals surface area (Å²) >= 11 is 0. The molecule has 9 heteroatoms. The van der Waals surface area contributed by atoms with Gasteiger partial charge in [-0.25, -0.2) is 4.79 Å². The number of carbonyl (C=O) groups is 2. The van der Waals surface area contributed by atoms with E-state index in [2.05, 4.69) is 4.74 Å². The van der Waals surface area contributed by atoms with Gasteiger partial charge in [-0.05, 0) is 36.1 Å². The number of carbonyl (C=O) groups excluding carboxylic acids is 1. The van der Waals surface area contributed by atoms with Crippen molar-refractivity contribution in [2.75, 3.05) is 13.2 Å². The van der Waals surface area contributed by atoms with E-state index >= 15 is 0 Å². The minimum atomic E-state index is -4.80. The van der Waals surface area contributed by atoms with E-state index in [1.54, 1.807) is 0 Å². The van der Waals surface area contributed by atoms with Gasteiger partial charge >= 0.3 is 12.3 Å². The number of benzene rings is 2. The molecule has 1 amide bonds. The fourth-order valence-corrected chi connectivity index (χ4v) is 3.67. The number of likely N-dealkylation sites (tertiary alicyclic amines) is 1. The molecular weight excluding hydrogens is 415 g/mol. The molecule has 1 saturated heterocycles. The topological polar surface area (TPSA) is 76.1 Å². The lowest BCUT2D eigenvalue weighted by Crippen LogP contribution is -2.56. The SMILES string of the molecule is O=C(Cc1ccc(OC(F)(F)F)cc1)N1CCCC1(COCc1ccccc1)C(=O)O. The summed E-state index contributed by atoms with van der Waals surface area (Å²) in [4.78, 5) is 26.3. The minimum absolute atomic E-state index is 0.139. The first-order chi connectivity index (χ1) is 14.7. The summed E-state index contributed by atoms with van der Waals surface area (Å²) in [6, 6.07) is 14.2. The maximum atomic E-state index is 12.9. The Hall–Kier alpha value is -3.07. The lowest BCUT2D eigenvalue weighted by Gasteiger charge is -2.34. The van der Waals surface area contributed by atoms with E-state index in [1.165, 1.54) is 17.0 Å². The van der Waals surface area contributed by atoms with Crippen LogP contribution in [0.3, 0.4) is 0 Å². The Balaban J connectivity index is 1.66. The molecule has 0 radical (unpaired) electrons. The number of alkyl halides is 3. The molecule has 1 aliphatic rings. The fraction of sp³-hybridized carbons (Fsp3) is 0.364. The number of rotatable bonds is 8. The Bertz CT molecular complexity index is 902. The lowest BCUT2D eigenvalue weighted by molar-refractivity contribution is -0.274. The highest BCUT2D eigenvalue weighted by Gasteiger charge is 2.50. The lowest BCUT2D eigenvalue weighted by atomic mass is 9.96. The monoisotopic (exact) mass is 437 g/mol. The van der Waals surface area contributed by atoms with E-state index < -0.39 is 23.8 Å². The van der Waals surface area contributed by atoms with Gasteiger partial charge in [-0.1, -0.05) is 42.5 Å². The predicted molar refractivity (Wildman–Crippen MR) is 104 cm³/mol. The predicted octanol–water partition coefficient (Wildman–Crippen LogP) is 3.79. The first-order valence-corrected chi connectivity index (χ1v) is 9.70. The van der Waals surface area contributed by atoms with E-state index in [0.717, 1.165) is 17.7 Å². The van der Waals surface area contributed by atoms with Crippen molar-refractivity contribution >= 4 is 11.9 Å². The number of hydrogen-bond donors (Lipinski definition) is 1. The second-order valence-electron chi connectivity index (χ2n) is 7.33. The van der Waals surface area contributed by atoms with Gasteiger partial charge in [0, 0.05) is 6.54 Å². The Morgan fingerprint density at radius 1 is 1.03 bits per heavy atom. The summed E-state index contributed by atoms with van der Waals surface area (Å²) in [5.41, 5.74) is -0.124. The summed E-state index contributed by atoms with van der Waals surface area (Å²) in [5, 5.41) is 9.89. The van der Waals surface area contributed by atoms with Crippen LogP contribution in [0.1, 0.15) is 24.0 Å². The molecule has 6 nitrogen and oxygen atoms in total. The summed E-state index contributed by atoms with van der Waals surface area (Å²) < 4.78 is 46.3. The first-order valence-electron chi connectivity index (χ1n) is 9.70. The van der Waals surface area contributed by atoms with Gasteiger partial charge in [-0.3, -0.25) is 4.79 Å². The van der Waals surface area contributed by atoms with E-state index in [9.17, 15) is 27.9 Å². The molecule has 0 spiro atoms. The number of ether oxygens (including phenoxy) is 2. The summed E-state index contributed by atoms with van der Waals surface area (Å²) in [6.45, 7) is 0.342. The smallest absolute Gasteiger partial charge is 0.479 e. The van der Waals surface area contributed by atoms with Crippen LogP contribution in [0.15, 0.2) is 54.6 Å². The van der Waals surface area contributed by atoms with Gasteiger partial charge in [-0.2, -0.15) is 0 Å². The molecule has 1 heterocycles. The number of hydrogen-bond acceptors (Lipinski definition) is 4. The van der Waals surface area contributed by atoms with Crippen LogP contribution in [0.25, 0.3) is 0 Å². The summed E-state index contributed by atoms with van der Waals surface area (Å²) in [6.07, 6.45) is -4.15. The van der Waals surface area contributed by atoms with E-state index in [-0.39, 0.29) is 38.3 Å². The number of carboxylic acid groups (broad SMARTS) is 1. The van der Waals surface area contributed by atoms with Gasteiger partial charge < -0.3 is 19.5 Å². The standard InChI is InChI=1S/C22H22F3NO5/c23-22(24,25)31-18-9-7-16(8-10-18)13-19(27)26-12-4-11-21(26,20(28)29)15-30-14-17-5-2-1-3-6-17/h1-3,5-10H,4,11-15H2,(H,28,29). The maximum Gasteiger partial charge on any atom is 0.573 e. The van der Waals surface area contributed by atoms with Crippen LogP contribution in [0.5, 0.6) is 5.75 Å². The fourth-order valence-electron chi connectivity index (χ4n) is 3.67. The van der Waals surface area contributed by atoms with Gasteiger partial charge in [0.25, 0.3) is 0 Å². The van der Waals surface area contributed by atoms with Crippen molar-refractivity contribution in [1.29, 1.82) is 0 Å². The molecule has 166 valence electrons. The van der Waals surface area contributed by atoms with Crippen LogP contribution >= 0.6 is 0 Å². The van der Waals surface area contributed by atoms with Crippen LogP contribution in [0, 0.1) is 0 Å². The van der Waals surface area contributed by atoms with E-state index in [4.69, 9.17) is 4.74 Å². The molecule has 1 unspecified atom stereocenters. The van der Waals surface area contributed by atoms with Gasteiger partial charge in [0.05, 0.1) is 19.6 Å². The number of aliphatic carboxylic acids is 1.